The SMILES string of the molecule is CCCNC(C)C(CCC1CCCC1)C(C)C. The number of hydrogen-bond acceptors (Lipinski definition) is 1. The summed E-state index contributed by atoms with van der Waals surface area (Å²) in [5, 5.41) is 3.69. The van der Waals surface area contributed by atoms with E-state index in [0.29, 0.717) is 6.04 Å². The van der Waals surface area contributed by atoms with Crippen molar-refractivity contribution < 1.29 is 0 Å². The van der Waals surface area contributed by atoms with Crippen molar-refractivity contribution in [2.24, 2.45) is 17.8 Å². The molecule has 1 nitrogen and oxygen atoms in total. The highest BCUT2D eigenvalue weighted by Gasteiger charge is 2.23. The Hall–Kier alpha value is -0.0400. The summed E-state index contributed by atoms with van der Waals surface area (Å²) in [4.78, 5) is 0. The molecular weight excluding hydrogens is 206 g/mol. The van der Waals surface area contributed by atoms with Crippen molar-refractivity contribution in [3.05, 3.63) is 0 Å². The van der Waals surface area contributed by atoms with Crippen LogP contribution in [0.25, 0.3) is 0 Å². The van der Waals surface area contributed by atoms with Gasteiger partial charge in [0.15, 0.2) is 0 Å². The summed E-state index contributed by atoms with van der Waals surface area (Å²) in [6.45, 7) is 10.6. The van der Waals surface area contributed by atoms with Crippen molar-refractivity contribution in [1.29, 1.82) is 0 Å². The fourth-order valence-electron chi connectivity index (χ4n) is 3.41. The van der Waals surface area contributed by atoms with Gasteiger partial charge in [-0.3, -0.25) is 0 Å². The van der Waals surface area contributed by atoms with E-state index < -0.39 is 0 Å². The molecule has 1 aliphatic rings. The molecule has 0 radical (unpaired) electrons. The quantitative estimate of drug-likeness (QED) is 0.652. The van der Waals surface area contributed by atoms with Gasteiger partial charge in [-0.25, -0.2) is 0 Å². The van der Waals surface area contributed by atoms with Gasteiger partial charge in [-0.2, -0.15) is 0 Å². The second kappa shape index (κ2) is 8.13. The smallest absolute Gasteiger partial charge is 0.00694 e. The fourth-order valence-corrected chi connectivity index (χ4v) is 3.41. The normalized spacial score (nSPS) is 21.0. The van der Waals surface area contributed by atoms with Gasteiger partial charge in [0.2, 0.25) is 0 Å². The van der Waals surface area contributed by atoms with Crippen LogP contribution < -0.4 is 5.32 Å². The van der Waals surface area contributed by atoms with Gasteiger partial charge in [0.25, 0.3) is 0 Å². The first-order valence-corrected chi connectivity index (χ1v) is 7.88. The molecule has 0 aromatic carbocycles. The van der Waals surface area contributed by atoms with Crippen LogP contribution in [-0.4, -0.2) is 12.6 Å². The molecule has 0 bridgehead atoms. The monoisotopic (exact) mass is 239 g/mol. The van der Waals surface area contributed by atoms with Crippen LogP contribution in [-0.2, 0) is 0 Å². The predicted molar refractivity (Wildman–Crippen MR) is 77.3 cm³/mol. The average Bonchev–Trinajstić information content (AvgIpc) is 2.79. The van der Waals surface area contributed by atoms with E-state index in [1.54, 1.807) is 0 Å². The summed E-state index contributed by atoms with van der Waals surface area (Å²) >= 11 is 0. The number of nitrogens with one attached hydrogen (secondary N) is 1. The molecule has 102 valence electrons. The molecule has 0 aromatic heterocycles. The molecule has 1 heteroatoms. The van der Waals surface area contributed by atoms with Crippen molar-refractivity contribution in [2.45, 2.75) is 78.7 Å². The zero-order chi connectivity index (χ0) is 12.7. The summed E-state index contributed by atoms with van der Waals surface area (Å²) in [6, 6.07) is 0.691. The Bertz CT molecular complexity index is 182. The zero-order valence-electron chi connectivity index (χ0n) is 12.5. The first-order valence-electron chi connectivity index (χ1n) is 7.88. The fraction of sp³-hybridized carbons (Fsp3) is 1.00. The average molecular weight is 239 g/mol. The van der Waals surface area contributed by atoms with Crippen LogP contribution >= 0.6 is 0 Å². The molecule has 0 amide bonds. The van der Waals surface area contributed by atoms with Crippen molar-refractivity contribution in [3.8, 4) is 0 Å². The summed E-state index contributed by atoms with van der Waals surface area (Å²) in [6.07, 6.45) is 10.1. The van der Waals surface area contributed by atoms with E-state index in [-0.39, 0.29) is 0 Å². The Morgan fingerprint density at radius 3 is 2.29 bits per heavy atom. The summed E-state index contributed by atoms with van der Waals surface area (Å²) < 4.78 is 0. The standard InChI is InChI=1S/C16H33N/c1-5-12-17-14(4)16(13(2)3)11-10-15-8-6-7-9-15/h13-17H,5-12H2,1-4H3. The molecule has 2 atom stereocenters. The van der Waals surface area contributed by atoms with E-state index in [2.05, 4.69) is 33.0 Å². The molecule has 1 rings (SSSR count). The highest BCUT2D eigenvalue weighted by Crippen LogP contribution is 2.32. The van der Waals surface area contributed by atoms with E-state index in [9.17, 15) is 0 Å². The molecule has 1 aliphatic carbocycles. The molecule has 17 heavy (non-hydrogen) atoms. The molecule has 0 heterocycles. The predicted octanol–water partition coefficient (Wildman–Crippen LogP) is 4.62. The van der Waals surface area contributed by atoms with E-state index in [0.717, 1.165) is 17.8 Å². The summed E-state index contributed by atoms with van der Waals surface area (Å²) in [5.74, 6) is 2.73. The molecule has 0 aromatic rings. The Morgan fingerprint density at radius 2 is 1.76 bits per heavy atom. The summed E-state index contributed by atoms with van der Waals surface area (Å²) in [5.41, 5.74) is 0. The van der Waals surface area contributed by atoms with Crippen molar-refractivity contribution in [3.63, 3.8) is 0 Å². The van der Waals surface area contributed by atoms with Gasteiger partial charge < -0.3 is 5.32 Å². The van der Waals surface area contributed by atoms with Crippen molar-refractivity contribution >= 4 is 0 Å². The third-order valence-electron chi connectivity index (χ3n) is 4.60. The minimum atomic E-state index is 0.691. The van der Waals surface area contributed by atoms with E-state index in [4.69, 9.17) is 0 Å². The van der Waals surface area contributed by atoms with Crippen LogP contribution in [0.1, 0.15) is 72.6 Å². The lowest BCUT2D eigenvalue weighted by Crippen LogP contribution is -2.36. The largest absolute Gasteiger partial charge is 0.314 e. The second-order valence-corrected chi connectivity index (χ2v) is 6.38. The molecule has 0 spiro atoms. The first-order chi connectivity index (χ1) is 8.15. The van der Waals surface area contributed by atoms with Crippen molar-refractivity contribution in [1.82, 2.24) is 5.32 Å². The maximum absolute atomic E-state index is 3.69. The van der Waals surface area contributed by atoms with Crippen LogP contribution in [0, 0.1) is 17.8 Å². The summed E-state index contributed by atoms with van der Waals surface area (Å²) in [7, 11) is 0. The highest BCUT2D eigenvalue weighted by molar-refractivity contribution is 4.77. The van der Waals surface area contributed by atoms with Gasteiger partial charge in [0.1, 0.15) is 0 Å². The van der Waals surface area contributed by atoms with Crippen molar-refractivity contribution in [2.75, 3.05) is 6.54 Å². The third-order valence-corrected chi connectivity index (χ3v) is 4.60. The zero-order valence-corrected chi connectivity index (χ0v) is 12.5. The maximum Gasteiger partial charge on any atom is 0.00694 e. The van der Waals surface area contributed by atoms with Gasteiger partial charge in [-0.05, 0) is 44.1 Å². The van der Waals surface area contributed by atoms with Gasteiger partial charge >= 0.3 is 0 Å². The Balaban J connectivity index is 2.30. The lowest BCUT2D eigenvalue weighted by molar-refractivity contribution is 0.253. The Kier molecular flexibility index (Phi) is 7.18. The minimum absolute atomic E-state index is 0.691. The number of rotatable bonds is 8. The van der Waals surface area contributed by atoms with Gasteiger partial charge in [0.05, 0.1) is 0 Å². The second-order valence-electron chi connectivity index (χ2n) is 6.38. The maximum atomic E-state index is 3.69. The highest BCUT2D eigenvalue weighted by atomic mass is 14.9. The first kappa shape index (κ1) is 15.0. The molecule has 2 unspecified atom stereocenters. The minimum Gasteiger partial charge on any atom is -0.314 e. The number of hydrogen-bond donors (Lipinski definition) is 1. The van der Waals surface area contributed by atoms with Crippen LogP contribution in [0.5, 0.6) is 0 Å². The van der Waals surface area contributed by atoms with Crippen LogP contribution in [0.2, 0.25) is 0 Å². The Labute approximate surface area is 109 Å². The molecule has 1 saturated carbocycles. The molecule has 0 aliphatic heterocycles. The van der Waals surface area contributed by atoms with Gasteiger partial charge in [0, 0.05) is 6.04 Å². The van der Waals surface area contributed by atoms with E-state index >= 15 is 0 Å². The molecule has 1 N–H and O–H groups in total. The molecule has 1 fully saturated rings. The molecular formula is C16H33N. The van der Waals surface area contributed by atoms with Crippen LogP contribution in [0.4, 0.5) is 0 Å². The van der Waals surface area contributed by atoms with E-state index in [1.807, 2.05) is 0 Å². The lowest BCUT2D eigenvalue weighted by atomic mass is 9.83. The lowest BCUT2D eigenvalue weighted by Gasteiger charge is -2.29. The van der Waals surface area contributed by atoms with Crippen LogP contribution in [0.3, 0.4) is 0 Å². The van der Waals surface area contributed by atoms with Gasteiger partial charge in [-0.15, -0.1) is 0 Å². The third kappa shape index (κ3) is 5.42. The molecule has 0 saturated heterocycles. The van der Waals surface area contributed by atoms with Crippen LogP contribution in [0.15, 0.2) is 0 Å². The Morgan fingerprint density at radius 1 is 1.12 bits per heavy atom. The van der Waals surface area contributed by atoms with Gasteiger partial charge in [-0.1, -0.05) is 52.9 Å². The van der Waals surface area contributed by atoms with E-state index in [1.165, 1.54) is 51.5 Å². The topological polar surface area (TPSA) is 12.0 Å².